The Balaban J connectivity index is 2.90. The fourth-order valence-electron chi connectivity index (χ4n) is 0.865. The maximum atomic E-state index is 12.9. The number of esters is 1. The minimum absolute atomic E-state index is 0.582. The Morgan fingerprint density at radius 2 is 2.23 bits per heavy atom. The van der Waals surface area contributed by atoms with Crippen LogP contribution in [0.3, 0.4) is 0 Å². The number of aliphatic hydroxyl groups is 2. The van der Waals surface area contributed by atoms with E-state index in [1.165, 1.54) is 0 Å². The third-order valence-electron chi connectivity index (χ3n) is 1.47. The van der Waals surface area contributed by atoms with Crippen LogP contribution >= 0.6 is 0 Å². The van der Waals surface area contributed by atoms with Crippen LogP contribution in [0.25, 0.3) is 0 Å². The summed E-state index contributed by atoms with van der Waals surface area (Å²) in [7, 11) is 1.06. The summed E-state index contributed by atoms with van der Waals surface area (Å²) < 4.78 is 17.2. The van der Waals surface area contributed by atoms with Crippen molar-refractivity contribution in [3.8, 4) is 0 Å². The molecule has 0 aromatic carbocycles. The molecular weight excluding hydrogens is 183 g/mol. The van der Waals surface area contributed by atoms with Gasteiger partial charge in [0, 0.05) is 0 Å². The van der Waals surface area contributed by atoms with Crippen LogP contribution in [0.1, 0.15) is 0 Å². The van der Waals surface area contributed by atoms with Crippen molar-refractivity contribution in [3.63, 3.8) is 0 Å². The molecule has 0 radical (unpaired) electrons. The average molecular weight is 192 g/mol. The van der Waals surface area contributed by atoms with Crippen LogP contribution in [-0.2, 0) is 9.53 Å². The summed E-state index contributed by atoms with van der Waals surface area (Å²) >= 11 is 0. The molecule has 6 nitrogen and oxygen atoms in total. The van der Waals surface area contributed by atoms with Crippen LogP contribution < -0.4 is 10.6 Å². The predicted octanol–water partition coefficient (Wildman–Crippen LogP) is -1.87. The topological polar surface area (TPSA) is 90.8 Å². The molecule has 0 saturated carbocycles. The zero-order chi connectivity index (χ0) is 10.0. The molecule has 0 saturated heterocycles. The lowest BCUT2D eigenvalue weighted by Gasteiger charge is -2.25. The van der Waals surface area contributed by atoms with Gasteiger partial charge in [-0.3, -0.25) is 0 Å². The maximum Gasteiger partial charge on any atom is 0.357 e. The lowest BCUT2D eigenvalue weighted by molar-refractivity contribution is -0.138. The molecule has 1 aliphatic rings. The summed E-state index contributed by atoms with van der Waals surface area (Å²) in [5.41, 5.74) is -0.582. The van der Waals surface area contributed by atoms with Gasteiger partial charge in [0.1, 0.15) is 0 Å². The molecule has 74 valence electrons. The molecule has 0 aromatic rings. The second kappa shape index (κ2) is 3.69. The Morgan fingerprint density at radius 1 is 1.62 bits per heavy atom. The number of hydrogen-bond acceptors (Lipinski definition) is 6. The first kappa shape index (κ1) is 9.90. The van der Waals surface area contributed by atoms with E-state index in [9.17, 15) is 9.18 Å². The number of ether oxygens (including phenoxy) is 1. The molecule has 0 fully saturated rings. The Bertz CT molecular complexity index is 255. The summed E-state index contributed by atoms with van der Waals surface area (Å²) in [6, 6.07) is 0. The molecule has 0 bridgehead atoms. The number of halogens is 1. The van der Waals surface area contributed by atoms with Crippen molar-refractivity contribution in [2.45, 2.75) is 12.6 Å². The van der Waals surface area contributed by atoms with Crippen molar-refractivity contribution in [1.82, 2.24) is 10.6 Å². The van der Waals surface area contributed by atoms with Crippen molar-refractivity contribution < 1.29 is 24.1 Å². The third kappa shape index (κ3) is 1.94. The molecule has 2 unspecified atom stereocenters. The fourth-order valence-corrected chi connectivity index (χ4v) is 0.865. The van der Waals surface area contributed by atoms with Gasteiger partial charge in [-0.1, -0.05) is 0 Å². The van der Waals surface area contributed by atoms with E-state index in [1.54, 1.807) is 0 Å². The molecule has 7 heteroatoms. The fraction of sp³-hybridized carbons (Fsp3) is 0.500. The van der Waals surface area contributed by atoms with Gasteiger partial charge in [0.2, 0.25) is 0 Å². The monoisotopic (exact) mass is 192 g/mol. The van der Waals surface area contributed by atoms with Crippen LogP contribution in [0, 0.1) is 0 Å². The molecule has 1 rings (SSSR count). The Kier molecular flexibility index (Phi) is 2.81. The molecule has 4 N–H and O–H groups in total. The minimum Gasteiger partial charge on any atom is -0.464 e. The summed E-state index contributed by atoms with van der Waals surface area (Å²) in [5, 5.41) is 21.9. The highest BCUT2D eigenvalue weighted by molar-refractivity contribution is 5.88. The highest BCUT2D eigenvalue weighted by atomic mass is 19.1. The highest BCUT2D eigenvalue weighted by Gasteiger charge is 2.30. The smallest absolute Gasteiger partial charge is 0.357 e. The van der Waals surface area contributed by atoms with Crippen molar-refractivity contribution in [3.05, 3.63) is 11.5 Å². The molecule has 0 amide bonds. The van der Waals surface area contributed by atoms with Crippen molar-refractivity contribution in [2.24, 2.45) is 0 Å². The number of nitrogens with one attached hydrogen (secondary N) is 2. The van der Waals surface area contributed by atoms with Gasteiger partial charge in [0.05, 0.1) is 7.11 Å². The Morgan fingerprint density at radius 3 is 2.77 bits per heavy atom. The van der Waals surface area contributed by atoms with E-state index >= 15 is 0 Å². The van der Waals surface area contributed by atoms with Gasteiger partial charge in [0.25, 0.3) is 0 Å². The summed E-state index contributed by atoms with van der Waals surface area (Å²) in [6.07, 6.45) is -3.09. The van der Waals surface area contributed by atoms with Gasteiger partial charge in [-0.25, -0.2) is 14.5 Å². The van der Waals surface area contributed by atoms with Crippen molar-refractivity contribution in [1.29, 1.82) is 0 Å². The lowest BCUT2D eigenvalue weighted by atomic mass is 10.3. The van der Waals surface area contributed by atoms with Gasteiger partial charge in [-0.15, -0.1) is 0 Å². The first-order chi connectivity index (χ1) is 6.06. The van der Waals surface area contributed by atoms with Crippen LogP contribution in [0.15, 0.2) is 11.5 Å². The molecule has 0 spiro atoms. The highest BCUT2D eigenvalue weighted by Crippen LogP contribution is 2.13. The number of carbonyl (C=O) groups excluding carboxylic acids is 1. The van der Waals surface area contributed by atoms with Crippen LogP contribution in [0.2, 0.25) is 0 Å². The van der Waals surface area contributed by atoms with Gasteiger partial charge in [-0.2, -0.15) is 0 Å². The van der Waals surface area contributed by atoms with E-state index in [4.69, 9.17) is 10.2 Å². The van der Waals surface area contributed by atoms with E-state index in [1.807, 2.05) is 5.32 Å². The SMILES string of the molecule is COC(=O)C1=C(F)C(O)NC(O)N1. The molecule has 13 heavy (non-hydrogen) atoms. The second-order valence-corrected chi connectivity index (χ2v) is 2.33. The quantitative estimate of drug-likeness (QED) is 0.364. The largest absolute Gasteiger partial charge is 0.464 e. The number of aliphatic hydroxyl groups excluding tert-OH is 2. The molecule has 2 atom stereocenters. The lowest BCUT2D eigenvalue weighted by Crippen LogP contribution is -2.53. The summed E-state index contributed by atoms with van der Waals surface area (Å²) in [6.45, 7) is 0. The number of methoxy groups -OCH3 is 1. The third-order valence-corrected chi connectivity index (χ3v) is 1.47. The number of rotatable bonds is 1. The zero-order valence-electron chi connectivity index (χ0n) is 6.74. The normalized spacial score (nSPS) is 28.3. The Labute approximate surface area is 73.0 Å². The van der Waals surface area contributed by atoms with Gasteiger partial charge in [0.15, 0.2) is 24.1 Å². The van der Waals surface area contributed by atoms with E-state index in [0.29, 0.717) is 0 Å². The molecular formula is C6H9FN2O4. The Hall–Kier alpha value is -1.18. The number of hydrogen-bond donors (Lipinski definition) is 4. The first-order valence-corrected chi connectivity index (χ1v) is 3.43. The van der Waals surface area contributed by atoms with Gasteiger partial charge < -0.3 is 20.3 Å². The van der Waals surface area contributed by atoms with Crippen LogP contribution in [0.4, 0.5) is 4.39 Å². The van der Waals surface area contributed by atoms with Crippen LogP contribution in [0.5, 0.6) is 0 Å². The molecule has 1 aliphatic heterocycles. The predicted molar refractivity (Wildman–Crippen MR) is 38.4 cm³/mol. The minimum atomic E-state index is -1.70. The average Bonchev–Trinajstić information content (AvgIpc) is 2.10. The second-order valence-electron chi connectivity index (χ2n) is 2.33. The standard InChI is InChI=1S/C6H9FN2O4/c1-13-5(11)3-2(7)4(10)9-6(12)8-3/h4,6,8-10,12H,1H3. The molecule has 0 aliphatic carbocycles. The molecule has 0 aromatic heterocycles. The van der Waals surface area contributed by atoms with E-state index in [2.05, 4.69) is 10.1 Å². The zero-order valence-corrected chi connectivity index (χ0v) is 6.74. The number of carbonyl (C=O) groups is 1. The van der Waals surface area contributed by atoms with Gasteiger partial charge >= 0.3 is 5.97 Å². The molecule has 1 heterocycles. The van der Waals surface area contributed by atoms with E-state index in [0.717, 1.165) is 7.11 Å². The maximum absolute atomic E-state index is 12.9. The van der Waals surface area contributed by atoms with Crippen LogP contribution in [-0.4, -0.2) is 35.9 Å². The summed E-state index contributed by atoms with van der Waals surface area (Å²) in [4.78, 5) is 10.8. The summed E-state index contributed by atoms with van der Waals surface area (Å²) in [5.74, 6) is -2.10. The van der Waals surface area contributed by atoms with Crippen molar-refractivity contribution >= 4 is 5.97 Å². The van der Waals surface area contributed by atoms with Crippen molar-refractivity contribution in [2.75, 3.05) is 7.11 Å². The van der Waals surface area contributed by atoms with E-state index < -0.39 is 30.1 Å². The first-order valence-electron chi connectivity index (χ1n) is 3.43. The van der Waals surface area contributed by atoms with Gasteiger partial charge in [-0.05, 0) is 0 Å². The van der Waals surface area contributed by atoms with E-state index in [-0.39, 0.29) is 0 Å².